The van der Waals surface area contributed by atoms with Crippen molar-refractivity contribution < 1.29 is 9.18 Å². The van der Waals surface area contributed by atoms with Gasteiger partial charge >= 0.3 is 0 Å². The highest BCUT2D eigenvalue weighted by atomic mass is 19.1. The summed E-state index contributed by atoms with van der Waals surface area (Å²) in [4.78, 5) is 26.2. The third kappa shape index (κ3) is 5.08. The van der Waals surface area contributed by atoms with E-state index < -0.39 is 5.56 Å². The second-order valence-corrected chi connectivity index (χ2v) is 8.33. The Kier molecular flexibility index (Phi) is 6.26. The molecule has 1 aromatic heterocycles. The maximum absolute atomic E-state index is 13.3. The SMILES string of the molecule is CC1CCC(NC(=O)c2cc(-c3ccccc3)nn(Cc3ccc(F)cc3)c2=O)CC1. The molecule has 1 aliphatic carbocycles. The van der Waals surface area contributed by atoms with Crippen LogP contribution in [0.5, 0.6) is 0 Å². The van der Waals surface area contributed by atoms with Crippen LogP contribution in [0.25, 0.3) is 11.3 Å². The van der Waals surface area contributed by atoms with Crippen LogP contribution >= 0.6 is 0 Å². The summed E-state index contributed by atoms with van der Waals surface area (Å²) in [5.41, 5.74) is 1.72. The Labute approximate surface area is 180 Å². The van der Waals surface area contributed by atoms with Crippen molar-refractivity contribution in [1.82, 2.24) is 15.1 Å². The minimum Gasteiger partial charge on any atom is -0.349 e. The summed E-state index contributed by atoms with van der Waals surface area (Å²) in [5.74, 6) is -0.0346. The summed E-state index contributed by atoms with van der Waals surface area (Å²) in [7, 11) is 0. The summed E-state index contributed by atoms with van der Waals surface area (Å²) < 4.78 is 14.6. The maximum atomic E-state index is 13.3. The number of nitrogens with zero attached hydrogens (tertiary/aromatic N) is 2. The van der Waals surface area contributed by atoms with E-state index >= 15 is 0 Å². The third-order valence-electron chi connectivity index (χ3n) is 5.89. The van der Waals surface area contributed by atoms with E-state index in [2.05, 4.69) is 17.3 Å². The first-order chi connectivity index (χ1) is 15.0. The Hall–Kier alpha value is -3.28. The predicted molar refractivity (Wildman–Crippen MR) is 118 cm³/mol. The van der Waals surface area contributed by atoms with Crippen molar-refractivity contribution in [2.24, 2.45) is 5.92 Å². The van der Waals surface area contributed by atoms with Gasteiger partial charge in [-0.3, -0.25) is 9.59 Å². The third-order valence-corrected chi connectivity index (χ3v) is 5.89. The molecular weight excluding hydrogens is 393 g/mol. The zero-order chi connectivity index (χ0) is 21.8. The van der Waals surface area contributed by atoms with Gasteiger partial charge in [-0.15, -0.1) is 0 Å². The molecule has 2 aromatic carbocycles. The Morgan fingerprint density at radius 3 is 2.42 bits per heavy atom. The number of hydrogen-bond acceptors (Lipinski definition) is 3. The average Bonchev–Trinajstić information content (AvgIpc) is 2.78. The molecule has 0 bridgehead atoms. The first kappa shape index (κ1) is 21.0. The van der Waals surface area contributed by atoms with Gasteiger partial charge in [0.25, 0.3) is 11.5 Å². The van der Waals surface area contributed by atoms with Crippen molar-refractivity contribution in [2.45, 2.75) is 45.2 Å². The van der Waals surface area contributed by atoms with E-state index in [4.69, 9.17) is 0 Å². The summed E-state index contributed by atoms with van der Waals surface area (Å²) >= 11 is 0. The van der Waals surface area contributed by atoms with Crippen LogP contribution in [0, 0.1) is 11.7 Å². The molecule has 160 valence electrons. The summed E-state index contributed by atoms with van der Waals surface area (Å²) in [6.45, 7) is 2.38. The average molecular weight is 420 g/mol. The van der Waals surface area contributed by atoms with Crippen LogP contribution in [0.2, 0.25) is 0 Å². The minimum atomic E-state index is -0.453. The molecule has 1 fully saturated rings. The van der Waals surface area contributed by atoms with Gasteiger partial charge < -0.3 is 5.32 Å². The molecule has 1 saturated carbocycles. The van der Waals surface area contributed by atoms with Crippen molar-refractivity contribution in [3.8, 4) is 11.3 Å². The smallest absolute Gasteiger partial charge is 0.279 e. The van der Waals surface area contributed by atoms with Crippen LogP contribution in [0.3, 0.4) is 0 Å². The first-order valence-corrected chi connectivity index (χ1v) is 10.7. The van der Waals surface area contributed by atoms with Gasteiger partial charge in [0, 0.05) is 11.6 Å². The number of carbonyl (C=O) groups excluding carboxylic acids is 1. The molecule has 1 amide bonds. The van der Waals surface area contributed by atoms with Crippen LogP contribution in [0.15, 0.2) is 65.5 Å². The number of nitrogens with one attached hydrogen (secondary N) is 1. The molecular formula is C25H26FN3O2. The van der Waals surface area contributed by atoms with Crippen molar-refractivity contribution in [3.63, 3.8) is 0 Å². The number of halogens is 1. The Balaban J connectivity index is 1.68. The van der Waals surface area contributed by atoms with Gasteiger partial charge in [-0.25, -0.2) is 9.07 Å². The fourth-order valence-electron chi connectivity index (χ4n) is 3.99. The minimum absolute atomic E-state index is 0.0783. The van der Waals surface area contributed by atoms with Crippen LogP contribution in [0.4, 0.5) is 4.39 Å². The van der Waals surface area contributed by atoms with Crippen LogP contribution in [-0.2, 0) is 6.54 Å². The molecule has 1 aliphatic rings. The number of hydrogen-bond donors (Lipinski definition) is 1. The van der Waals surface area contributed by atoms with Crippen molar-refractivity contribution in [3.05, 3.63) is 88.0 Å². The fourth-order valence-corrected chi connectivity index (χ4v) is 3.99. The molecule has 6 heteroatoms. The molecule has 31 heavy (non-hydrogen) atoms. The van der Waals surface area contributed by atoms with Gasteiger partial charge in [-0.05, 0) is 55.4 Å². The van der Waals surface area contributed by atoms with Crippen molar-refractivity contribution in [1.29, 1.82) is 0 Å². The lowest BCUT2D eigenvalue weighted by Gasteiger charge is -2.26. The van der Waals surface area contributed by atoms with Gasteiger partial charge in [-0.1, -0.05) is 49.4 Å². The number of aromatic nitrogens is 2. The summed E-state index contributed by atoms with van der Waals surface area (Å²) in [5, 5.41) is 7.53. The molecule has 3 aromatic rings. The predicted octanol–water partition coefficient (Wildman–Crippen LogP) is 4.41. The Bertz CT molecular complexity index is 1100. The highest BCUT2D eigenvalue weighted by molar-refractivity contribution is 5.95. The quantitative estimate of drug-likeness (QED) is 0.666. The van der Waals surface area contributed by atoms with Crippen LogP contribution in [0.1, 0.15) is 48.5 Å². The molecule has 0 atom stereocenters. The van der Waals surface area contributed by atoms with Crippen LogP contribution < -0.4 is 10.9 Å². The molecule has 0 saturated heterocycles. The maximum Gasteiger partial charge on any atom is 0.279 e. The number of benzene rings is 2. The lowest BCUT2D eigenvalue weighted by molar-refractivity contribution is 0.0920. The zero-order valence-electron chi connectivity index (χ0n) is 17.6. The van der Waals surface area contributed by atoms with E-state index in [1.54, 1.807) is 18.2 Å². The Morgan fingerprint density at radius 1 is 1.06 bits per heavy atom. The monoisotopic (exact) mass is 419 g/mol. The number of amides is 1. The summed E-state index contributed by atoms with van der Waals surface area (Å²) in [6.07, 6.45) is 4.00. The number of carbonyl (C=O) groups is 1. The zero-order valence-corrected chi connectivity index (χ0v) is 17.6. The van der Waals surface area contributed by atoms with Gasteiger partial charge in [-0.2, -0.15) is 5.10 Å². The van der Waals surface area contributed by atoms with E-state index in [-0.39, 0.29) is 29.9 Å². The van der Waals surface area contributed by atoms with E-state index in [9.17, 15) is 14.0 Å². The van der Waals surface area contributed by atoms with Gasteiger partial charge in [0.05, 0.1) is 12.2 Å². The molecule has 0 radical (unpaired) electrons. The van der Waals surface area contributed by atoms with Gasteiger partial charge in [0.1, 0.15) is 11.4 Å². The van der Waals surface area contributed by atoms with E-state index in [1.165, 1.54) is 16.8 Å². The second kappa shape index (κ2) is 9.25. The molecule has 4 rings (SSSR count). The first-order valence-electron chi connectivity index (χ1n) is 10.7. The highest BCUT2D eigenvalue weighted by Crippen LogP contribution is 2.24. The van der Waals surface area contributed by atoms with Crippen molar-refractivity contribution >= 4 is 5.91 Å². The lowest BCUT2D eigenvalue weighted by atomic mass is 9.87. The van der Waals surface area contributed by atoms with E-state index in [0.717, 1.165) is 36.8 Å². The van der Waals surface area contributed by atoms with E-state index in [1.807, 2.05) is 30.3 Å². The normalized spacial score (nSPS) is 18.5. The van der Waals surface area contributed by atoms with E-state index in [0.29, 0.717) is 11.6 Å². The summed E-state index contributed by atoms with van der Waals surface area (Å²) in [6, 6.07) is 17.0. The molecule has 0 aliphatic heterocycles. The molecule has 0 unspecified atom stereocenters. The second-order valence-electron chi connectivity index (χ2n) is 8.33. The van der Waals surface area contributed by atoms with Crippen molar-refractivity contribution in [2.75, 3.05) is 0 Å². The highest BCUT2D eigenvalue weighted by Gasteiger charge is 2.23. The largest absolute Gasteiger partial charge is 0.349 e. The fraction of sp³-hybridized carbons (Fsp3) is 0.320. The Morgan fingerprint density at radius 2 is 1.74 bits per heavy atom. The molecule has 1 N–H and O–H groups in total. The number of rotatable bonds is 5. The van der Waals surface area contributed by atoms with Gasteiger partial charge in [0.15, 0.2) is 0 Å². The topological polar surface area (TPSA) is 64.0 Å². The van der Waals surface area contributed by atoms with Crippen LogP contribution in [-0.4, -0.2) is 21.7 Å². The lowest BCUT2D eigenvalue weighted by Crippen LogP contribution is -2.41. The standard InChI is InChI=1S/C25H26FN3O2/c1-17-7-13-21(14-8-17)27-24(30)22-15-23(19-5-3-2-4-6-19)28-29(25(22)31)16-18-9-11-20(26)12-10-18/h2-6,9-12,15,17,21H,7-8,13-14,16H2,1H3,(H,27,30). The van der Waals surface area contributed by atoms with Gasteiger partial charge in [0.2, 0.25) is 0 Å². The molecule has 1 heterocycles. The molecule has 0 spiro atoms. The molecule has 5 nitrogen and oxygen atoms in total.